The molecule has 0 aromatic heterocycles. The van der Waals surface area contributed by atoms with Crippen molar-refractivity contribution in [1.29, 1.82) is 0 Å². The van der Waals surface area contributed by atoms with E-state index in [1.807, 2.05) is 0 Å². The molecular weight excluding hydrogens is 288 g/mol. The van der Waals surface area contributed by atoms with Gasteiger partial charge in [-0.3, -0.25) is 4.39 Å². The van der Waals surface area contributed by atoms with Crippen LogP contribution in [0.5, 0.6) is 0 Å². The summed E-state index contributed by atoms with van der Waals surface area (Å²) in [4.78, 5) is 11.1. The lowest BCUT2D eigenvalue weighted by Crippen LogP contribution is -2.05. The summed E-state index contributed by atoms with van der Waals surface area (Å²) in [5, 5.41) is 9.09. The van der Waals surface area contributed by atoms with Crippen molar-refractivity contribution in [2.45, 2.75) is 6.42 Å². The highest BCUT2D eigenvalue weighted by Gasteiger charge is 2.18. The molecule has 0 spiro atoms. The van der Waals surface area contributed by atoms with E-state index in [2.05, 4.69) is 0 Å². The van der Waals surface area contributed by atoms with Crippen LogP contribution in [0.2, 0.25) is 0 Å². The van der Waals surface area contributed by atoms with E-state index in [4.69, 9.17) is 5.11 Å². The van der Waals surface area contributed by atoms with Gasteiger partial charge in [-0.1, -0.05) is 12.1 Å². The van der Waals surface area contributed by atoms with Gasteiger partial charge in [0.1, 0.15) is 0 Å². The van der Waals surface area contributed by atoms with Crippen molar-refractivity contribution >= 4 is 5.97 Å². The van der Waals surface area contributed by atoms with Crippen LogP contribution in [-0.2, 0) is 6.42 Å². The largest absolute Gasteiger partial charge is 0.478 e. The number of alkyl halides is 1. The molecule has 0 aliphatic heterocycles. The summed E-state index contributed by atoms with van der Waals surface area (Å²) < 4.78 is 52.2. The summed E-state index contributed by atoms with van der Waals surface area (Å²) >= 11 is 0. The third-order valence-corrected chi connectivity index (χ3v) is 3.05. The van der Waals surface area contributed by atoms with Crippen LogP contribution in [0.4, 0.5) is 17.6 Å². The Bertz CT molecular complexity index is 675. The topological polar surface area (TPSA) is 37.3 Å². The van der Waals surface area contributed by atoms with Crippen LogP contribution in [0.3, 0.4) is 0 Å². The fourth-order valence-electron chi connectivity index (χ4n) is 2.13. The van der Waals surface area contributed by atoms with E-state index in [-0.39, 0.29) is 28.7 Å². The van der Waals surface area contributed by atoms with Crippen LogP contribution >= 0.6 is 0 Å². The molecule has 0 radical (unpaired) electrons. The standard InChI is InChI=1S/C15H10F4O2/c16-5-4-10-9(2-1-3-11(10)15(20)21)8-6-12(17)14(19)13(18)7-8/h1-3,6-7H,4-5H2,(H,20,21). The molecule has 0 heterocycles. The highest BCUT2D eigenvalue weighted by atomic mass is 19.2. The number of rotatable bonds is 4. The van der Waals surface area contributed by atoms with Gasteiger partial charge in [-0.15, -0.1) is 0 Å². The molecule has 0 aliphatic rings. The number of carboxylic acid groups (broad SMARTS) is 1. The van der Waals surface area contributed by atoms with E-state index in [0.717, 1.165) is 12.1 Å². The zero-order valence-electron chi connectivity index (χ0n) is 10.7. The minimum absolute atomic E-state index is 0.0436. The van der Waals surface area contributed by atoms with Crippen LogP contribution in [0.15, 0.2) is 30.3 Å². The van der Waals surface area contributed by atoms with E-state index in [9.17, 15) is 22.4 Å². The number of carboxylic acids is 1. The van der Waals surface area contributed by atoms with Gasteiger partial charge in [0.15, 0.2) is 17.5 Å². The second kappa shape index (κ2) is 5.95. The lowest BCUT2D eigenvalue weighted by atomic mass is 9.93. The minimum atomic E-state index is -1.61. The van der Waals surface area contributed by atoms with Gasteiger partial charge in [-0.05, 0) is 34.9 Å². The summed E-state index contributed by atoms with van der Waals surface area (Å²) in [5.74, 6) is -5.67. The molecule has 110 valence electrons. The van der Waals surface area contributed by atoms with Crippen LogP contribution in [-0.4, -0.2) is 17.8 Å². The number of hydrogen-bond donors (Lipinski definition) is 1. The van der Waals surface area contributed by atoms with Crippen LogP contribution in [0.25, 0.3) is 11.1 Å². The number of aromatic carboxylic acids is 1. The Morgan fingerprint density at radius 1 is 1.10 bits per heavy atom. The molecular formula is C15H10F4O2. The Morgan fingerprint density at radius 2 is 1.71 bits per heavy atom. The summed E-state index contributed by atoms with van der Waals surface area (Å²) in [5.41, 5.74) is 0.0662. The Balaban J connectivity index is 2.68. The first-order valence-electron chi connectivity index (χ1n) is 6.01. The number of benzene rings is 2. The molecule has 0 aliphatic carbocycles. The zero-order valence-corrected chi connectivity index (χ0v) is 10.7. The van der Waals surface area contributed by atoms with Crippen molar-refractivity contribution < 1.29 is 27.5 Å². The predicted octanol–water partition coefficient (Wildman–Crippen LogP) is 3.98. The molecule has 2 nitrogen and oxygen atoms in total. The molecule has 0 fully saturated rings. The average molecular weight is 298 g/mol. The fraction of sp³-hybridized carbons (Fsp3) is 0.133. The third kappa shape index (κ3) is 2.89. The van der Waals surface area contributed by atoms with Gasteiger partial charge in [0.2, 0.25) is 0 Å². The van der Waals surface area contributed by atoms with Crippen LogP contribution in [0.1, 0.15) is 15.9 Å². The molecule has 0 unspecified atom stereocenters. The maximum Gasteiger partial charge on any atom is 0.335 e. The van der Waals surface area contributed by atoms with E-state index in [1.165, 1.54) is 18.2 Å². The first kappa shape index (κ1) is 15.0. The molecule has 2 rings (SSSR count). The van der Waals surface area contributed by atoms with Crippen LogP contribution < -0.4 is 0 Å². The normalized spacial score (nSPS) is 10.7. The molecule has 0 amide bonds. The number of carbonyl (C=O) groups is 1. The molecule has 0 bridgehead atoms. The van der Waals surface area contributed by atoms with Crippen molar-refractivity contribution in [3.8, 4) is 11.1 Å². The van der Waals surface area contributed by atoms with Crippen molar-refractivity contribution in [3.05, 3.63) is 58.9 Å². The highest BCUT2D eigenvalue weighted by Crippen LogP contribution is 2.29. The molecule has 2 aromatic rings. The molecule has 0 saturated carbocycles. The minimum Gasteiger partial charge on any atom is -0.478 e. The van der Waals surface area contributed by atoms with Gasteiger partial charge in [0, 0.05) is 6.42 Å². The zero-order chi connectivity index (χ0) is 15.6. The molecule has 2 aromatic carbocycles. The van der Waals surface area contributed by atoms with E-state index in [0.29, 0.717) is 0 Å². The fourth-order valence-corrected chi connectivity index (χ4v) is 2.13. The first-order valence-corrected chi connectivity index (χ1v) is 6.01. The van der Waals surface area contributed by atoms with Gasteiger partial charge >= 0.3 is 5.97 Å². The van der Waals surface area contributed by atoms with Gasteiger partial charge in [0.05, 0.1) is 12.2 Å². The summed E-state index contributed by atoms with van der Waals surface area (Å²) in [7, 11) is 0. The second-order valence-electron chi connectivity index (χ2n) is 4.33. The summed E-state index contributed by atoms with van der Waals surface area (Å²) in [6, 6.07) is 5.55. The molecule has 0 atom stereocenters. The Labute approximate surface area is 117 Å². The average Bonchev–Trinajstić information content (AvgIpc) is 2.44. The van der Waals surface area contributed by atoms with Crippen LogP contribution in [0, 0.1) is 17.5 Å². The quantitative estimate of drug-likeness (QED) is 0.684. The molecule has 0 saturated heterocycles. The third-order valence-electron chi connectivity index (χ3n) is 3.05. The lowest BCUT2D eigenvalue weighted by Gasteiger charge is -2.12. The predicted molar refractivity (Wildman–Crippen MR) is 68.4 cm³/mol. The Morgan fingerprint density at radius 3 is 2.24 bits per heavy atom. The number of hydrogen-bond acceptors (Lipinski definition) is 1. The van der Waals surface area contributed by atoms with Crippen molar-refractivity contribution in [2.24, 2.45) is 0 Å². The summed E-state index contributed by atoms with van der Waals surface area (Å²) in [6.07, 6.45) is -0.224. The molecule has 1 N–H and O–H groups in total. The van der Waals surface area contributed by atoms with E-state index < -0.39 is 30.1 Å². The van der Waals surface area contributed by atoms with Gasteiger partial charge < -0.3 is 5.11 Å². The van der Waals surface area contributed by atoms with Crippen molar-refractivity contribution in [1.82, 2.24) is 0 Å². The highest BCUT2D eigenvalue weighted by molar-refractivity contribution is 5.92. The van der Waals surface area contributed by atoms with E-state index in [1.54, 1.807) is 0 Å². The van der Waals surface area contributed by atoms with Crippen molar-refractivity contribution in [2.75, 3.05) is 6.67 Å². The first-order chi connectivity index (χ1) is 9.95. The molecule has 6 heteroatoms. The smallest absolute Gasteiger partial charge is 0.335 e. The van der Waals surface area contributed by atoms with Gasteiger partial charge in [0.25, 0.3) is 0 Å². The maximum atomic E-state index is 13.3. The maximum absolute atomic E-state index is 13.3. The summed E-state index contributed by atoms with van der Waals surface area (Å²) in [6.45, 7) is -0.830. The van der Waals surface area contributed by atoms with Crippen molar-refractivity contribution in [3.63, 3.8) is 0 Å². The van der Waals surface area contributed by atoms with E-state index >= 15 is 0 Å². The monoisotopic (exact) mass is 298 g/mol. The molecule has 21 heavy (non-hydrogen) atoms. The lowest BCUT2D eigenvalue weighted by molar-refractivity contribution is 0.0695. The van der Waals surface area contributed by atoms with Gasteiger partial charge in [-0.2, -0.15) is 0 Å². The number of halogens is 4. The SMILES string of the molecule is O=C(O)c1cccc(-c2cc(F)c(F)c(F)c2)c1CCF. The Kier molecular flexibility index (Phi) is 4.26. The second-order valence-corrected chi connectivity index (χ2v) is 4.33. The van der Waals surface area contributed by atoms with Gasteiger partial charge in [-0.25, -0.2) is 18.0 Å². The Hall–Kier alpha value is -2.37.